The maximum absolute atomic E-state index is 12.5. The number of esters is 1. The van der Waals surface area contributed by atoms with Crippen molar-refractivity contribution in [2.45, 2.75) is 32.7 Å². The number of hydrogen-bond acceptors (Lipinski definition) is 10. The molecular formula is C32H34ClIN4O8. The first kappa shape index (κ1) is 34.7. The first-order chi connectivity index (χ1) is 22.1. The largest absolute Gasteiger partial charge is 0.493 e. The highest BCUT2D eigenvalue weighted by atomic mass is 127. The Kier molecular flexibility index (Phi) is 12.3. The molecule has 0 spiro atoms. The number of aliphatic hydroxyl groups excluding tert-OH is 1. The maximum Gasteiger partial charge on any atom is 0.337 e. The van der Waals surface area contributed by atoms with Crippen molar-refractivity contribution in [1.29, 1.82) is 0 Å². The average molecular weight is 765 g/mol. The summed E-state index contributed by atoms with van der Waals surface area (Å²) in [6.07, 6.45) is 0.378. The van der Waals surface area contributed by atoms with Crippen LogP contribution in [0.15, 0.2) is 71.0 Å². The van der Waals surface area contributed by atoms with E-state index in [1.165, 1.54) is 13.3 Å². The fourth-order valence-electron chi connectivity index (χ4n) is 4.56. The maximum atomic E-state index is 12.5. The topological polar surface area (TPSA) is 149 Å². The second kappa shape index (κ2) is 16.4. The Hall–Kier alpha value is -4.21. The minimum Gasteiger partial charge on any atom is -0.493 e. The molecule has 0 bridgehead atoms. The van der Waals surface area contributed by atoms with Crippen LogP contribution < -0.4 is 35.0 Å². The number of amides is 2. The lowest BCUT2D eigenvalue weighted by atomic mass is 9.95. The molecule has 0 saturated heterocycles. The van der Waals surface area contributed by atoms with Crippen LogP contribution in [0.4, 0.5) is 4.79 Å². The third-order valence-electron chi connectivity index (χ3n) is 6.63. The van der Waals surface area contributed by atoms with Gasteiger partial charge in [0.05, 0.1) is 42.2 Å². The highest BCUT2D eigenvalue weighted by Crippen LogP contribution is 2.36. The van der Waals surface area contributed by atoms with Gasteiger partial charge in [-0.1, -0.05) is 29.8 Å². The number of hydrogen-bond donors (Lipinski definition) is 4. The molecule has 3 aromatic rings. The number of ether oxygens (including phenoxy) is 5. The zero-order valence-corrected chi connectivity index (χ0v) is 28.5. The van der Waals surface area contributed by atoms with Gasteiger partial charge in [0.2, 0.25) is 0 Å². The summed E-state index contributed by atoms with van der Waals surface area (Å²) < 4.78 is 28.8. The highest BCUT2D eigenvalue weighted by Gasteiger charge is 2.32. The van der Waals surface area contributed by atoms with E-state index in [9.17, 15) is 14.7 Å². The molecule has 0 radical (unpaired) electrons. The van der Waals surface area contributed by atoms with Gasteiger partial charge in [-0.2, -0.15) is 5.10 Å². The van der Waals surface area contributed by atoms with Gasteiger partial charge in [0.1, 0.15) is 13.2 Å². The fraction of sp³-hybridized carbons (Fsp3) is 0.281. The summed E-state index contributed by atoms with van der Waals surface area (Å²) in [5.74, 6) is 1.26. The summed E-state index contributed by atoms with van der Waals surface area (Å²) in [4.78, 5) is 24.6. The lowest BCUT2D eigenvalue weighted by Crippen LogP contribution is -2.45. The van der Waals surface area contributed by atoms with Crippen LogP contribution in [0.25, 0.3) is 0 Å². The number of rotatable bonds is 14. The second-order valence-electron chi connectivity index (χ2n) is 9.87. The number of hydrazone groups is 1. The van der Waals surface area contributed by atoms with Gasteiger partial charge in [-0.05, 0) is 89.5 Å². The first-order valence-corrected chi connectivity index (χ1v) is 15.6. The summed E-state index contributed by atoms with van der Waals surface area (Å²) in [6.45, 7) is 3.92. The predicted molar refractivity (Wildman–Crippen MR) is 180 cm³/mol. The molecule has 1 heterocycles. The zero-order valence-electron chi connectivity index (χ0n) is 25.6. The van der Waals surface area contributed by atoms with E-state index in [1.807, 2.05) is 31.2 Å². The van der Waals surface area contributed by atoms with Gasteiger partial charge in [-0.25, -0.2) is 9.59 Å². The highest BCUT2D eigenvalue weighted by molar-refractivity contribution is 14.1. The normalized spacial score (nSPS) is 15.1. The third kappa shape index (κ3) is 8.95. The molecule has 244 valence electrons. The number of halogens is 2. The predicted octanol–water partition coefficient (Wildman–Crippen LogP) is 5.05. The smallest absolute Gasteiger partial charge is 0.337 e. The minimum absolute atomic E-state index is 0.162. The molecule has 1 aliphatic heterocycles. The molecular weight excluding hydrogens is 731 g/mol. The molecule has 46 heavy (non-hydrogen) atoms. The number of methoxy groups -OCH3 is 2. The molecule has 3 aromatic carbocycles. The van der Waals surface area contributed by atoms with Gasteiger partial charge in [0.25, 0.3) is 0 Å². The Morgan fingerprint density at radius 1 is 1.11 bits per heavy atom. The number of nitrogens with zero attached hydrogens (tertiary/aromatic N) is 1. The monoisotopic (exact) mass is 764 g/mol. The van der Waals surface area contributed by atoms with Crippen LogP contribution in [0.3, 0.4) is 0 Å². The van der Waals surface area contributed by atoms with Crippen LogP contribution in [0, 0.1) is 3.57 Å². The molecule has 0 aliphatic carbocycles. The molecule has 14 heteroatoms. The summed E-state index contributed by atoms with van der Waals surface area (Å²) in [5.41, 5.74) is 5.51. The van der Waals surface area contributed by atoms with Gasteiger partial charge in [-0.15, -0.1) is 0 Å². The van der Waals surface area contributed by atoms with E-state index in [0.717, 1.165) is 9.13 Å². The molecule has 0 fully saturated rings. The van der Waals surface area contributed by atoms with Crippen LogP contribution in [-0.4, -0.2) is 57.0 Å². The average Bonchev–Trinajstić information content (AvgIpc) is 3.03. The Labute approximate surface area is 285 Å². The quantitative estimate of drug-likeness (QED) is 0.0582. The van der Waals surface area contributed by atoms with Crippen molar-refractivity contribution in [3.8, 4) is 23.0 Å². The molecule has 0 aromatic heterocycles. The molecule has 0 unspecified atom stereocenters. The molecule has 2 amide bonds. The van der Waals surface area contributed by atoms with E-state index in [1.54, 1.807) is 44.4 Å². The van der Waals surface area contributed by atoms with Crippen molar-refractivity contribution >= 4 is 52.4 Å². The Balaban J connectivity index is 1.39. The Morgan fingerprint density at radius 3 is 2.63 bits per heavy atom. The van der Waals surface area contributed by atoms with Crippen molar-refractivity contribution in [1.82, 2.24) is 16.1 Å². The number of benzene rings is 3. The second-order valence-corrected chi connectivity index (χ2v) is 11.5. The minimum atomic E-state index is -1.16. The van der Waals surface area contributed by atoms with Gasteiger partial charge in [0.15, 0.2) is 29.2 Å². The molecule has 0 saturated carbocycles. The number of carbonyl (C=O) groups is 2. The molecule has 12 nitrogen and oxygen atoms in total. The Morgan fingerprint density at radius 2 is 1.91 bits per heavy atom. The molecule has 4 rings (SSSR count). The number of urea groups is 1. The van der Waals surface area contributed by atoms with Crippen LogP contribution in [-0.2, 0) is 16.1 Å². The van der Waals surface area contributed by atoms with Crippen LogP contribution >= 0.6 is 34.2 Å². The van der Waals surface area contributed by atoms with Gasteiger partial charge in [0, 0.05) is 10.7 Å². The van der Waals surface area contributed by atoms with E-state index in [-0.39, 0.29) is 12.2 Å². The molecule has 1 aliphatic rings. The lowest BCUT2D eigenvalue weighted by Gasteiger charge is -2.28. The molecule has 4 N–H and O–H groups in total. The Bertz CT molecular complexity index is 1630. The van der Waals surface area contributed by atoms with E-state index in [4.69, 9.17) is 35.3 Å². The van der Waals surface area contributed by atoms with Gasteiger partial charge >= 0.3 is 12.0 Å². The SMILES string of the molecule is CCOc1cc([C@@H]2NC(=O)NC(C)=C2C(=O)OC)ccc1OC[C@H](O)N/N=C/c1cc(I)c(OCc2cccc(Cl)c2)c(OC)c1. The van der Waals surface area contributed by atoms with Crippen LogP contribution in [0.1, 0.15) is 36.6 Å². The van der Waals surface area contributed by atoms with Gasteiger partial charge < -0.3 is 39.4 Å². The summed E-state index contributed by atoms with van der Waals surface area (Å²) in [5, 5.41) is 20.6. The van der Waals surface area contributed by atoms with E-state index >= 15 is 0 Å². The van der Waals surface area contributed by atoms with Crippen molar-refractivity contribution in [3.05, 3.63) is 91.2 Å². The van der Waals surface area contributed by atoms with E-state index < -0.39 is 24.3 Å². The van der Waals surface area contributed by atoms with E-state index in [0.29, 0.717) is 58.1 Å². The van der Waals surface area contributed by atoms with Gasteiger partial charge in [-0.3, -0.25) is 5.43 Å². The van der Waals surface area contributed by atoms with Crippen molar-refractivity contribution in [2.24, 2.45) is 5.10 Å². The number of allylic oxidation sites excluding steroid dienone is 1. The first-order valence-electron chi connectivity index (χ1n) is 14.1. The number of aliphatic hydroxyl groups is 1. The summed E-state index contributed by atoms with van der Waals surface area (Å²) in [7, 11) is 2.83. The standard InChI is InChI=1S/C32H34ClIN4O8/c1-5-44-25-14-21(29-28(31(40)43-4)18(2)36-32(41)37-29)9-10-24(25)45-17-27(39)38-35-15-20-12-23(34)30(26(13-20)42-3)46-16-19-7-6-8-22(33)11-19/h6-15,27,29,38-39H,5,16-17H2,1-4H3,(H2,36,37,41)/b35-15+/t27-,29-/m0/s1. The number of carbonyl (C=O) groups excluding carboxylic acids is 2. The number of nitrogens with one attached hydrogen (secondary N) is 3. The van der Waals surface area contributed by atoms with Crippen LogP contribution in [0.2, 0.25) is 5.02 Å². The fourth-order valence-corrected chi connectivity index (χ4v) is 5.55. The van der Waals surface area contributed by atoms with Crippen molar-refractivity contribution < 1.29 is 38.4 Å². The summed E-state index contributed by atoms with van der Waals surface area (Å²) in [6, 6.07) is 14.9. The lowest BCUT2D eigenvalue weighted by molar-refractivity contribution is -0.136. The molecule has 2 atom stereocenters. The van der Waals surface area contributed by atoms with Crippen molar-refractivity contribution in [2.75, 3.05) is 27.4 Å². The summed E-state index contributed by atoms with van der Waals surface area (Å²) >= 11 is 8.24. The zero-order chi connectivity index (χ0) is 33.2. The third-order valence-corrected chi connectivity index (χ3v) is 7.67. The van der Waals surface area contributed by atoms with Crippen molar-refractivity contribution in [3.63, 3.8) is 0 Å². The van der Waals surface area contributed by atoms with Crippen LogP contribution in [0.5, 0.6) is 23.0 Å². The van der Waals surface area contributed by atoms with E-state index in [2.05, 4.69) is 43.8 Å².